The molecule has 0 N–H and O–H groups in total. The number of hydrogen-bond donors (Lipinski definition) is 0. The highest BCUT2D eigenvalue weighted by Gasteiger charge is 2.55. The molecule has 8 rings (SSSR count). The SMILES string of the molecule is CC1(C)O[C@@H]1COc1c2c(cc3ccoc13)C=C[C@]1(O2)O[C@H](COc2c3occc3cc3ccc(=O)oc23)C(C)(C)O1. The largest absolute Gasteiger partial charge is 0.483 e. The first-order valence-electron chi connectivity index (χ1n) is 13.8. The number of furan rings is 2. The molecule has 3 aliphatic rings. The average molecular weight is 573 g/mol. The molecule has 2 fully saturated rings. The fraction of sp³-hybridized carbons (Fsp3) is 0.344. The Hall–Kier alpha value is -4.25. The van der Waals surface area contributed by atoms with Gasteiger partial charge < -0.3 is 41.7 Å². The molecule has 3 aliphatic heterocycles. The van der Waals surface area contributed by atoms with Crippen LogP contribution < -0.4 is 19.8 Å². The van der Waals surface area contributed by atoms with Crippen molar-refractivity contribution in [2.45, 2.75) is 57.1 Å². The number of benzene rings is 2. The summed E-state index contributed by atoms with van der Waals surface area (Å²) in [6, 6.07) is 10.6. The van der Waals surface area contributed by atoms with Gasteiger partial charge in [-0.1, -0.05) is 0 Å². The molecule has 0 aliphatic carbocycles. The van der Waals surface area contributed by atoms with Crippen molar-refractivity contribution >= 4 is 39.0 Å². The molecule has 10 nitrogen and oxygen atoms in total. The summed E-state index contributed by atoms with van der Waals surface area (Å²) in [5, 5.41) is 2.41. The van der Waals surface area contributed by atoms with Crippen LogP contribution in [0.3, 0.4) is 0 Å². The summed E-state index contributed by atoms with van der Waals surface area (Å²) in [6.45, 7) is 8.23. The minimum Gasteiger partial charge on any atom is -0.483 e. The third-order valence-electron chi connectivity index (χ3n) is 8.09. The van der Waals surface area contributed by atoms with Gasteiger partial charge >= 0.3 is 11.6 Å². The number of fused-ring (bicyclic) bond motifs is 4. The second kappa shape index (κ2) is 8.64. The minimum absolute atomic E-state index is 0.0370. The van der Waals surface area contributed by atoms with E-state index in [0.29, 0.717) is 46.0 Å². The molecule has 3 aromatic heterocycles. The van der Waals surface area contributed by atoms with Crippen LogP contribution >= 0.6 is 0 Å². The van der Waals surface area contributed by atoms with Gasteiger partial charge in [0.2, 0.25) is 11.5 Å². The summed E-state index contributed by atoms with van der Waals surface area (Å²) < 4.78 is 54.5. The molecular formula is C32H28O10. The Kier molecular flexibility index (Phi) is 5.23. The lowest BCUT2D eigenvalue weighted by atomic mass is 10.0. The highest BCUT2D eigenvalue weighted by atomic mass is 16.9. The average Bonchev–Trinajstić information content (AvgIpc) is 3.35. The van der Waals surface area contributed by atoms with Crippen LogP contribution in [-0.4, -0.2) is 42.6 Å². The Morgan fingerprint density at radius 3 is 2.14 bits per heavy atom. The third kappa shape index (κ3) is 4.01. The third-order valence-corrected chi connectivity index (χ3v) is 8.09. The zero-order chi connectivity index (χ0) is 28.9. The predicted octanol–water partition coefficient (Wildman–Crippen LogP) is 6.17. The van der Waals surface area contributed by atoms with E-state index < -0.39 is 23.3 Å². The van der Waals surface area contributed by atoms with Gasteiger partial charge in [0, 0.05) is 33.9 Å². The number of ether oxygens (including phenoxy) is 6. The van der Waals surface area contributed by atoms with E-state index >= 15 is 0 Å². The van der Waals surface area contributed by atoms with E-state index in [4.69, 9.17) is 41.7 Å². The molecule has 2 aromatic carbocycles. The van der Waals surface area contributed by atoms with Gasteiger partial charge in [-0.3, -0.25) is 0 Å². The lowest BCUT2D eigenvalue weighted by Crippen LogP contribution is -2.39. The van der Waals surface area contributed by atoms with Crippen LogP contribution in [0, 0.1) is 0 Å². The van der Waals surface area contributed by atoms with Gasteiger partial charge in [-0.05, 0) is 64.1 Å². The van der Waals surface area contributed by atoms with E-state index in [-0.39, 0.29) is 18.3 Å². The van der Waals surface area contributed by atoms with Gasteiger partial charge in [0.15, 0.2) is 22.5 Å². The standard InChI is InChI=1S/C32H28O10/c1-30(2)21(39-30)15-37-29-25-20(9-12-35-25)14-18-7-10-32(41-27(18)29)40-22(31(3,4)42-32)16-36-28-24-19(8-11-34-24)13-17-5-6-23(33)38-26(17)28/h5-14,21-22H,15-16H2,1-4H3/t21-,22-,32-/m1/s1. The zero-order valence-corrected chi connectivity index (χ0v) is 23.4. The van der Waals surface area contributed by atoms with Gasteiger partial charge in [-0.15, -0.1) is 0 Å². The Balaban J connectivity index is 1.09. The number of rotatable bonds is 6. The van der Waals surface area contributed by atoms with Crippen LogP contribution in [0.25, 0.3) is 39.0 Å². The first kappa shape index (κ1) is 25.5. The van der Waals surface area contributed by atoms with Crippen LogP contribution in [-0.2, 0) is 14.2 Å². The Bertz CT molecular complexity index is 1960. The van der Waals surface area contributed by atoms with Gasteiger partial charge in [0.1, 0.15) is 25.4 Å². The molecule has 0 radical (unpaired) electrons. The molecule has 42 heavy (non-hydrogen) atoms. The van der Waals surface area contributed by atoms with Crippen molar-refractivity contribution in [1.82, 2.24) is 0 Å². The van der Waals surface area contributed by atoms with Gasteiger partial charge in [-0.25, -0.2) is 4.79 Å². The van der Waals surface area contributed by atoms with Crippen molar-refractivity contribution < 1.29 is 41.7 Å². The summed E-state index contributed by atoms with van der Waals surface area (Å²) in [7, 11) is 0. The highest BCUT2D eigenvalue weighted by molar-refractivity contribution is 6.00. The molecular weight excluding hydrogens is 544 g/mol. The fourth-order valence-corrected chi connectivity index (χ4v) is 5.59. The molecule has 216 valence electrons. The second-order valence-electron chi connectivity index (χ2n) is 11.9. The summed E-state index contributed by atoms with van der Waals surface area (Å²) in [6.07, 6.45) is 6.18. The van der Waals surface area contributed by atoms with E-state index in [1.165, 1.54) is 6.07 Å². The van der Waals surface area contributed by atoms with Crippen molar-refractivity contribution in [3.05, 3.63) is 71.0 Å². The molecule has 0 saturated carbocycles. The van der Waals surface area contributed by atoms with E-state index in [0.717, 1.165) is 16.3 Å². The quantitative estimate of drug-likeness (QED) is 0.173. The minimum atomic E-state index is -1.54. The Morgan fingerprint density at radius 2 is 1.40 bits per heavy atom. The first-order valence-corrected chi connectivity index (χ1v) is 13.8. The smallest absolute Gasteiger partial charge is 0.350 e. The normalized spacial score (nSPS) is 25.2. The second-order valence-corrected chi connectivity index (χ2v) is 11.9. The molecule has 0 amide bonds. The fourth-order valence-electron chi connectivity index (χ4n) is 5.59. The predicted molar refractivity (Wildman–Crippen MR) is 151 cm³/mol. The summed E-state index contributed by atoms with van der Waals surface area (Å²) >= 11 is 0. The molecule has 5 aromatic rings. The van der Waals surface area contributed by atoms with Gasteiger partial charge in [0.25, 0.3) is 0 Å². The lowest BCUT2D eigenvalue weighted by molar-refractivity contribution is -0.271. The maximum absolute atomic E-state index is 12.0. The molecule has 2 saturated heterocycles. The molecule has 0 unspecified atom stereocenters. The monoisotopic (exact) mass is 572 g/mol. The Labute approximate surface area is 239 Å². The number of epoxide rings is 1. The summed E-state index contributed by atoms with van der Waals surface area (Å²) in [5.74, 6) is -0.317. The number of hydrogen-bond acceptors (Lipinski definition) is 10. The van der Waals surface area contributed by atoms with Crippen molar-refractivity contribution in [3.63, 3.8) is 0 Å². The van der Waals surface area contributed by atoms with E-state index in [2.05, 4.69) is 0 Å². The van der Waals surface area contributed by atoms with Crippen LogP contribution in [0.1, 0.15) is 33.3 Å². The van der Waals surface area contributed by atoms with E-state index in [9.17, 15) is 4.79 Å². The van der Waals surface area contributed by atoms with E-state index in [1.807, 2.05) is 58.0 Å². The summed E-state index contributed by atoms with van der Waals surface area (Å²) in [5.41, 5.74) is 0.576. The van der Waals surface area contributed by atoms with Crippen LogP contribution in [0.4, 0.5) is 0 Å². The summed E-state index contributed by atoms with van der Waals surface area (Å²) in [4.78, 5) is 12.0. The van der Waals surface area contributed by atoms with Crippen molar-refractivity contribution in [1.29, 1.82) is 0 Å². The van der Waals surface area contributed by atoms with Crippen LogP contribution in [0.2, 0.25) is 0 Å². The van der Waals surface area contributed by atoms with Crippen LogP contribution in [0.5, 0.6) is 17.2 Å². The maximum Gasteiger partial charge on any atom is 0.350 e. The van der Waals surface area contributed by atoms with Crippen molar-refractivity contribution in [2.24, 2.45) is 0 Å². The Morgan fingerprint density at radius 1 is 0.762 bits per heavy atom. The molecule has 1 spiro atoms. The topological polar surface area (TPSA) is 115 Å². The van der Waals surface area contributed by atoms with Crippen molar-refractivity contribution in [3.8, 4) is 17.2 Å². The molecule has 6 heterocycles. The van der Waals surface area contributed by atoms with E-state index in [1.54, 1.807) is 24.7 Å². The van der Waals surface area contributed by atoms with Gasteiger partial charge in [-0.2, -0.15) is 0 Å². The molecule has 10 heteroatoms. The van der Waals surface area contributed by atoms with Crippen LogP contribution in [0.15, 0.2) is 73.0 Å². The van der Waals surface area contributed by atoms with Crippen molar-refractivity contribution in [2.75, 3.05) is 13.2 Å². The highest BCUT2D eigenvalue weighted by Crippen LogP contribution is 2.49. The molecule has 0 bridgehead atoms. The maximum atomic E-state index is 12.0. The molecule has 3 atom stereocenters. The zero-order valence-electron chi connectivity index (χ0n) is 23.4. The van der Waals surface area contributed by atoms with Gasteiger partial charge in [0.05, 0.1) is 23.7 Å². The lowest BCUT2D eigenvalue weighted by Gasteiger charge is -2.31. The first-order chi connectivity index (χ1) is 20.1.